The minimum atomic E-state index is 0.0398. The van der Waals surface area contributed by atoms with Crippen molar-refractivity contribution in [2.45, 2.75) is 40.2 Å². The number of amides is 1. The van der Waals surface area contributed by atoms with Gasteiger partial charge in [-0.1, -0.05) is 20.8 Å². The Kier molecular flexibility index (Phi) is 9.24. The fourth-order valence-electron chi connectivity index (χ4n) is 1.26. The van der Waals surface area contributed by atoms with Gasteiger partial charge in [0, 0.05) is 31.7 Å². The summed E-state index contributed by atoms with van der Waals surface area (Å²) in [7, 11) is 0. The van der Waals surface area contributed by atoms with Crippen molar-refractivity contribution in [2.24, 2.45) is 5.92 Å². The number of carbonyl (C=O) groups is 1. The zero-order chi connectivity index (χ0) is 12.4. The third-order valence-electron chi connectivity index (χ3n) is 2.29. The van der Waals surface area contributed by atoms with Gasteiger partial charge in [0.2, 0.25) is 5.91 Å². The minimum absolute atomic E-state index is 0.0398. The molecule has 0 aromatic heterocycles. The van der Waals surface area contributed by atoms with E-state index in [0.29, 0.717) is 25.8 Å². The molecule has 0 aromatic carbocycles. The second-order valence-electron chi connectivity index (χ2n) is 4.31. The molecule has 1 unspecified atom stereocenters. The van der Waals surface area contributed by atoms with Crippen LogP contribution in [0.4, 0.5) is 0 Å². The summed E-state index contributed by atoms with van der Waals surface area (Å²) in [6, 6.07) is 0.498. The third-order valence-corrected chi connectivity index (χ3v) is 2.29. The van der Waals surface area contributed by atoms with Gasteiger partial charge >= 0.3 is 0 Å². The molecule has 0 spiro atoms. The highest BCUT2D eigenvalue weighted by Crippen LogP contribution is 2.01. The molecule has 96 valence electrons. The number of hydrogen-bond donors (Lipinski definition) is 2. The first-order chi connectivity index (χ1) is 7.57. The third kappa shape index (κ3) is 8.68. The van der Waals surface area contributed by atoms with Gasteiger partial charge in [0.25, 0.3) is 0 Å². The van der Waals surface area contributed by atoms with Gasteiger partial charge in [-0.25, -0.2) is 0 Å². The second-order valence-corrected chi connectivity index (χ2v) is 4.31. The fourth-order valence-corrected chi connectivity index (χ4v) is 1.26. The van der Waals surface area contributed by atoms with E-state index in [1.165, 1.54) is 0 Å². The summed E-state index contributed by atoms with van der Waals surface area (Å²) in [5, 5.41) is 6.08. The Morgan fingerprint density at radius 1 is 1.25 bits per heavy atom. The van der Waals surface area contributed by atoms with Crippen LogP contribution in [0.3, 0.4) is 0 Å². The van der Waals surface area contributed by atoms with Crippen LogP contribution in [-0.4, -0.2) is 38.3 Å². The van der Waals surface area contributed by atoms with E-state index in [1.54, 1.807) is 0 Å². The van der Waals surface area contributed by atoms with Gasteiger partial charge in [0.1, 0.15) is 0 Å². The molecule has 0 radical (unpaired) electrons. The molecule has 4 heteroatoms. The van der Waals surface area contributed by atoms with Crippen molar-refractivity contribution in [3.05, 3.63) is 0 Å². The van der Waals surface area contributed by atoms with E-state index in [-0.39, 0.29) is 11.8 Å². The van der Waals surface area contributed by atoms with E-state index in [0.717, 1.165) is 13.0 Å². The lowest BCUT2D eigenvalue weighted by molar-refractivity contribution is -0.124. The number of ether oxygens (including phenoxy) is 1. The lowest BCUT2D eigenvalue weighted by Crippen LogP contribution is -2.30. The Labute approximate surface area is 99.1 Å². The Hall–Kier alpha value is -0.610. The topological polar surface area (TPSA) is 50.4 Å². The maximum Gasteiger partial charge on any atom is 0.222 e. The van der Waals surface area contributed by atoms with Crippen molar-refractivity contribution < 1.29 is 9.53 Å². The highest BCUT2D eigenvalue weighted by molar-refractivity contribution is 5.78. The predicted molar refractivity (Wildman–Crippen MR) is 66.4 cm³/mol. The van der Waals surface area contributed by atoms with Crippen LogP contribution < -0.4 is 10.6 Å². The molecule has 0 aromatic rings. The van der Waals surface area contributed by atoms with E-state index >= 15 is 0 Å². The Bertz CT molecular complexity index is 184. The molecule has 1 atom stereocenters. The summed E-state index contributed by atoms with van der Waals surface area (Å²) < 4.78 is 5.44. The molecular formula is C12H26N2O2. The van der Waals surface area contributed by atoms with E-state index in [1.807, 2.05) is 13.8 Å². The summed E-state index contributed by atoms with van der Waals surface area (Å²) in [4.78, 5) is 11.4. The maximum atomic E-state index is 11.4. The zero-order valence-corrected chi connectivity index (χ0v) is 11.0. The van der Waals surface area contributed by atoms with E-state index in [4.69, 9.17) is 4.74 Å². The minimum Gasteiger partial charge on any atom is -0.380 e. The summed E-state index contributed by atoms with van der Waals surface area (Å²) in [5.41, 5.74) is 0. The molecule has 0 aliphatic carbocycles. The molecule has 0 fully saturated rings. The molecule has 4 nitrogen and oxygen atoms in total. The first-order valence-electron chi connectivity index (χ1n) is 6.16. The predicted octanol–water partition coefficient (Wildman–Crippen LogP) is 1.16. The molecule has 2 N–H and O–H groups in total. The summed E-state index contributed by atoms with van der Waals surface area (Å²) in [5.74, 6) is 0.157. The molecule has 0 saturated carbocycles. The van der Waals surface area contributed by atoms with E-state index in [9.17, 15) is 4.79 Å². The normalized spacial score (nSPS) is 12.8. The van der Waals surface area contributed by atoms with Crippen molar-refractivity contribution >= 4 is 5.91 Å². The quantitative estimate of drug-likeness (QED) is 0.584. The SMILES string of the molecule is CCNC(=O)C(C)CCOCCNC(C)C. The van der Waals surface area contributed by atoms with Crippen LogP contribution in [0, 0.1) is 5.92 Å². The maximum absolute atomic E-state index is 11.4. The largest absolute Gasteiger partial charge is 0.380 e. The zero-order valence-electron chi connectivity index (χ0n) is 11.0. The van der Waals surface area contributed by atoms with Crippen LogP contribution >= 0.6 is 0 Å². The first-order valence-corrected chi connectivity index (χ1v) is 6.16. The first kappa shape index (κ1) is 15.4. The van der Waals surface area contributed by atoms with Crippen molar-refractivity contribution in [1.29, 1.82) is 0 Å². The van der Waals surface area contributed by atoms with Crippen molar-refractivity contribution in [3.63, 3.8) is 0 Å². The molecule has 0 bridgehead atoms. The number of hydrogen-bond acceptors (Lipinski definition) is 3. The Balaban J connectivity index is 3.34. The average Bonchev–Trinajstić information content (AvgIpc) is 2.22. The molecular weight excluding hydrogens is 204 g/mol. The van der Waals surface area contributed by atoms with Crippen LogP contribution in [0.1, 0.15) is 34.1 Å². The van der Waals surface area contributed by atoms with E-state index < -0.39 is 0 Å². The molecule has 0 heterocycles. The Morgan fingerprint density at radius 3 is 2.50 bits per heavy atom. The molecule has 0 saturated heterocycles. The van der Waals surface area contributed by atoms with Crippen molar-refractivity contribution in [3.8, 4) is 0 Å². The summed E-state index contributed by atoms with van der Waals surface area (Å²) >= 11 is 0. The standard InChI is InChI=1S/C12H26N2O2/c1-5-13-12(15)11(4)6-8-16-9-7-14-10(2)3/h10-11,14H,5-9H2,1-4H3,(H,13,15). The van der Waals surface area contributed by atoms with Crippen LogP contribution in [-0.2, 0) is 9.53 Å². The number of rotatable bonds is 9. The van der Waals surface area contributed by atoms with Gasteiger partial charge < -0.3 is 15.4 Å². The fraction of sp³-hybridized carbons (Fsp3) is 0.917. The van der Waals surface area contributed by atoms with E-state index in [2.05, 4.69) is 24.5 Å². The molecule has 16 heavy (non-hydrogen) atoms. The summed E-state index contributed by atoms with van der Waals surface area (Å²) in [6.45, 7) is 11.0. The molecule has 1 amide bonds. The smallest absolute Gasteiger partial charge is 0.222 e. The van der Waals surface area contributed by atoms with Crippen molar-refractivity contribution in [1.82, 2.24) is 10.6 Å². The summed E-state index contributed by atoms with van der Waals surface area (Å²) in [6.07, 6.45) is 0.785. The van der Waals surface area contributed by atoms with Crippen LogP contribution in [0.5, 0.6) is 0 Å². The lowest BCUT2D eigenvalue weighted by atomic mass is 10.1. The van der Waals surface area contributed by atoms with Crippen LogP contribution in [0.25, 0.3) is 0 Å². The number of carbonyl (C=O) groups excluding carboxylic acids is 1. The highest BCUT2D eigenvalue weighted by Gasteiger charge is 2.10. The van der Waals surface area contributed by atoms with Gasteiger partial charge in [0.15, 0.2) is 0 Å². The van der Waals surface area contributed by atoms with Crippen molar-refractivity contribution in [2.75, 3.05) is 26.3 Å². The molecule has 0 aliphatic heterocycles. The monoisotopic (exact) mass is 230 g/mol. The lowest BCUT2D eigenvalue weighted by Gasteiger charge is -2.12. The number of nitrogens with one attached hydrogen (secondary N) is 2. The van der Waals surface area contributed by atoms with Gasteiger partial charge in [-0.3, -0.25) is 4.79 Å². The molecule has 0 rings (SSSR count). The van der Waals surface area contributed by atoms with Gasteiger partial charge in [0.05, 0.1) is 6.61 Å². The molecule has 0 aliphatic rings. The Morgan fingerprint density at radius 2 is 1.94 bits per heavy atom. The highest BCUT2D eigenvalue weighted by atomic mass is 16.5. The van der Waals surface area contributed by atoms with Gasteiger partial charge in [-0.2, -0.15) is 0 Å². The second kappa shape index (κ2) is 9.60. The average molecular weight is 230 g/mol. The van der Waals surface area contributed by atoms with Gasteiger partial charge in [-0.15, -0.1) is 0 Å². The van der Waals surface area contributed by atoms with Crippen LogP contribution in [0.15, 0.2) is 0 Å². The van der Waals surface area contributed by atoms with Crippen LogP contribution in [0.2, 0.25) is 0 Å². The van der Waals surface area contributed by atoms with Gasteiger partial charge in [-0.05, 0) is 13.3 Å².